The summed E-state index contributed by atoms with van der Waals surface area (Å²) in [6.45, 7) is 4.40. The first-order chi connectivity index (χ1) is 9.47. The number of aliphatic hydroxyl groups excluding tert-OH is 1. The van der Waals surface area contributed by atoms with Gasteiger partial charge in [-0.15, -0.1) is 0 Å². The van der Waals surface area contributed by atoms with E-state index in [1.54, 1.807) is 6.07 Å². The monoisotopic (exact) mass is 352 g/mol. The molecule has 0 aliphatic carbocycles. The van der Waals surface area contributed by atoms with Gasteiger partial charge in [0.05, 0.1) is 0 Å². The Morgan fingerprint density at radius 1 is 1.10 bits per heavy atom. The molecule has 3 heteroatoms. The van der Waals surface area contributed by atoms with Crippen molar-refractivity contribution in [3.8, 4) is 0 Å². The molecular formula is C17H18BrClO. The molecule has 106 valence electrons. The van der Waals surface area contributed by atoms with E-state index in [1.165, 1.54) is 5.56 Å². The molecule has 1 unspecified atom stereocenters. The molecule has 1 atom stereocenters. The molecule has 0 aromatic heterocycles. The number of halogens is 2. The summed E-state index contributed by atoms with van der Waals surface area (Å²) in [5.41, 5.74) is 2.88. The van der Waals surface area contributed by atoms with Gasteiger partial charge in [0.2, 0.25) is 0 Å². The predicted octanol–water partition coefficient (Wildman–Crippen LogP) is 5.38. The Kier molecular flexibility index (Phi) is 5.25. The third-order valence-electron chi connectivity index (χ3n) is 3.20. The highest BCUT2D eigenvalue weighted by Gasteiger charge is 2.14. The second-order valence-electron chi connectivity index (χ2n) is 5.41. The van der Waals surface area contributed by atoms with Crippen LogP contribution in [0, 0.1) is 5.92 Å². The van der Waals surface area contributed by atoms with Crippen LogP contribution in [0.1, 0.15) is 36.6 Å². The van der Waals surface area contributed by atoms with Crippen LogP contribution >= 0.6 is 27.5 Å². The number of benzene rings is 2. The number of hydrogen-bond donors (Lipinski definition) is 1. The Labute approximate surface area is 133 Å². The van der Waals surface area contributed by atoms with Gasteiger partial charge in [-0.1, -0.05) is 71.7 Å². The maximum Gasteiger partial charge on any atom is 0.105 e. The van der Waals surface area contributed by atoms with E-state index < -0.39 is 6.10 Å². The predicted molar refractivity (Wildman–Crippen MR) is 88.2 cm³/mol. The molecule has 0 aliphatic rings. The van der Waals surface area contributed by atoms with E-state index in [1.807, 2.05) is 24.3 Å². The number of rotatable bonds is 4. The van der Waals surface area contributed by atoms with Crippen molar-refractivity contribution >= 4 is 27.5 Å². The summed E-state index contributed by atoms with van der Waals surface area (Å²) in [4.78, 5) is 0. The van der Waals surface area contributed by atoms with Crippen LogP contribution in [0.2, 0.25) is 5.02 Å². The first-order valence-corrected chi connectivity index (χ1v) is 7.86. The second kappa shape index (κ2) is 6.75. The van der Waals surface area contributed by atoms with Gasteiger partial charge in [-0.2, -0.15) is 0 Å². The van der Waals surface area contributed by atoms with E-state index in [9.17, 15) is 5.11 Å². The average molecular weight is 354 g/mol. The summed E-state index contributed by atoms with van der Waals surface area (Å²) in [6, 6.07) is 13.6. The Bertz CT molecular complexity index is 578. The fourth-order valence-corrected chi connectivity index (χ4v) is 2.99. The van der Waals surface area contributed by atoms with E-state index in [0.29, 0.717) is 10.9 Å². The van der Waals surface area contributed by atoms with Crippen LogP contribution in [-0.4, -0.2) is 5.11 Å². The third-order valence-corrected chi connectivity index (χ3v) is 4.02. The van der Waals surface area contributed by atoms with Gasteiger partial charge in [-0.3, -0.25) is 0 Å². The van der Waals surface area contributed by atoms with E-state index in [-0.39, 0.29) is 0 Å². The molecule has 0 bridgehead atoms. The molecule has 0 aliphatic heterocycles. The van der Waals surface area contributed by atoms with Gasteiger partial charge in [-0.05, 0) is 35.6 Å². The molecule has 0 saturated heterocycles. The molecule has 2 aromatic carbocycles. The second-order valence-corrected chi connectivity index (χ2v) is 6.73. The van der Waals surface area contributed by atoms with Crippen LogP contribution in [0.25, 0.3) is 0 Å². The van der Waals surface area contributed by atoms with Gasteiger partial charge < -0.3 is 5.11 Å². The van der Waals surface area contributed by atoms with E-state index in [4.69, 9.17) is 11.6 Å². The summed E-state index contributed by atoms with van der Waals surface area (Å²) in [5, 5.41) is 11.0. The Balaban J connectivity index is 2.22. The minimum absolute atomic E-state index is 0.568. The van der Waals surface area contributed by atoms with Crippen LogP contribution < -0.4 is 0 Å². The molecule has 2 aromatic rings. The lowest BCUT2D eigenvalue weighted by atomic mass is 9.97. The van der Waals surface area contributed by atoms with Crippen molar-refractivity contribution in [2.75, 3.05) is 0 Å². The van der Waals surface area contributed by atoms with Crippen LogP contribution in [0.3, 0.4) is 0 Å². The molecule has 0 radical (unpaired) electrons. The van der Waals surface area contributed by atoms with Gasteiger partial charge in [-0.25, -0.2) is 0 Å². The van der Waals surface area contributed by atoms with Crippen molar-refractivity contribution in [1.82, 2.24) is 0 Å². The van der Waals surface area contributed by atoms with Crippen molar-refractivity contribution in [3.63, 3.8) is 0 Å². The average Bonchev–Trinajstić information content (AvgIpc) is 2.38. The quantitative estimate of drug-likeness (QED) is 0.782. The Morgan fingerprint density at radius 3 is 2.30 bits per heavy atom. The summed E-state index contributed by atoms with van der Waals surface area (Å²) in [7, 11) is 0. The first kappa shape index (κ1) is 15.6. The first-order valence-electron chi connectivity index (χ1n) is 6.69. The molecule has 1 N–H and O–H groups in total. The molecule has 0 amide bonds. The normalized spacial score (nSPS) is 12.7. The summed E-state index contributed by atoms with van der Waals surface area (Å²) in [5.74, 6) is 0.631. The summed E-state index contributed by atoms with van der Waals surface area (Å²) < 4.78 is 0.908. The maximum atomic E-state index is 10.4. The van der Waals surface area contributed by atoms with E-state index in [2.05, 4.69) is 41.9 Å². The Hall–Kier alpha value is -0.830. The highest BCUT2D eigenvalue weighted by Crippen LogP contribution is 2.30. The topological polar surface area (TPSA) is 20.2 Å². The van der Waals surface area contributed by atoms with Gasteiger partial charge in [0.15, 0.2) is 0 Å². The molecule has 0 fully saturated rings. The van der Waals surface area contributed by atoms with Crippen LogP contribution in [0.5, 0.6) is 0 Å². The van der Waals surface area contributed by atoms with Crippen LogP contribution in [0.4, 0.5) is 0 Å². The van der Waals surface area contributed by atoms with E-state index in [0.717, 1.165) is 22.0 Å². The largest absolute Gasteiger partial charge is 0.384 e. The fraction of sp³-hybridized carbons (Fsp3) is 0.294. The molecule has 2 rings (SSSR count). The zero-order chi connectivity index (χ0) is 14.7. The molecule has 20 heavy (non-hydrogen) atoms. The minimum atomic E-state index is -0.691. The maximum absolute atomic E-state index is 10.4. The molecule has 0 saturated carbocycles. The van der Waals surface area contributed by atoms with E-state index >= 15 is 0 Å². The molecular weight excluding hydrogens is 336 g/mol. The smallest absolute Gasteiger partial charge is 0.105 e. The van der Waals surface area contributed by atoms with Gasteiger partial charge in [0.1, 0.15) is 6.10 Å². The fourth-order valence-electron chi connectivity index (χ4n) is 2.21. The van der Waals surface area contributed by atoms with Gasteiger partial charge in [0.25, 0.3) is 0 Å². The highest BCUT2D eigenvalue weighted by molar-refractivity contribution is 9.10. The lowest BCUT2D eigenvalue weighted by Crippen LogP contribution is -2.01. The number of hydrogen-bond acceptors (Lipinski definition) is 1. The van der Waals surface area contributed by atoms with Crippen LogP contribution in [-0.2, 0) is 6.42 Å². The third kappa shape index (κ3) is 3.85. The standard InChI is InChI=1S/C17H18BrClO/c1-11(2)9-12-3-5-13(6-4-12)17(20)15-8-7-14(18)10-16(15)19/h3-8,10-11,17,20H,9H2,1-2H3. The van der Waals surface area contributed by atoms with Crippen molar-refractivity contribution in [2.24, 2.45) is 5.92 Å². The lowest BCUT2D eigenvalue weighted by Gasteiger charge is -2.14. The number of aliphatic hydroxyl groups is 1. The van der Waals surface area contributed by atoms with Crippen molar-refractivity contribution in [3.05, 3.63) is 68.7 Å². The zero-order valence-corrected chi connectivity index (χ0v) is 13.9. The SMILES string of the molecule is CC(C)Cc1ccc(C(O)c2ccc(Br)cc2Cl)cc1. The van der Waals surface area contributed by atoms with Crippen LogP contribution in [0.15, 0.2) is 46.9 Å². The lowest BCUT2D eigenvalue weighted by molar-refractivity contribution is 0.220. The van der Waals surface area contributed by atoms with Crippen molar-refractivity contribution in [1.29, 1.82) is 0 Å². The van der Waals surface area contributed by atoms with Crippen molar-refractivity contribution in [2.45, 2.75) is 26.4 Å². The van der Waals surface area contributed by atoms with Crippen molar-refractivity contribution < 1.29 is 5.11 Å². The van der Waals surface area contributed by atoms with Gasteiger partial charge in [0, 0.05) is 15.1 Å². The molecule has 1 nitrogen and oxygen atoms in total. The minimum Gasteiger partial charge on any atom is -0.384 e. The molecule has 0 heterocycles. The Morgan fingerprint density at radius 2 is 1.75 bits per heavy atom. The summed E-state index contributed by atoms with van der Waals surface area (Å²) >= 11 is 9.55. The summed E-state index contributed by atoms with van der Waals surface area (Å²) in [6.07, 6.45) is 0.360. The zero-order valence-electron chi connectivity index (χ0n) is 11.6. The molecule has 0 spiro atoms. The van der Waals surface area contributed by atoms with Gasteiger partial charge >= 0.3 is 0 Å². The highest BCUT2D eigenvalue weighted by atomic mass is 79.9.